The Morgan fingerprint density at radius 3 is 2.21 bits per heavy atom. The molecule has 0 radical (unpaired) electrons. The van der Waals surface area contributed by atoms with Crippen molar-refractivity contribution in [3.05, 3.63) is 90.8 Å². The van der Waals surface area contributed by atoms with Gasteiger partial charge in [-0.15, -0.1) is 10.2 Å². The summed E-state index contributed by atoms with van der Waals surface area (Å²) in [6.07, 6.45) is 1.65. The van der Waals surface area contributed by atoms with E-state index in [0.29, 0.717) is 17.0 Å². The fraction of sp³-hybridized carbons (Fsp3) is 0.0455. The Labute approximate surface area is 162 Å². The number of benzene rings is 3. The first kappa shape index (κ1) is 17.5. The molecule has 0 bridgehead atoms. The number of carbonyl (C=O) groups excluding carboxylic acids is 1. The molecule has 3 aromatic carbocycles. The van der Waals surface area contributed by atoms with Gasteiger partial charge in [-0.1, -0.05) is 18.2 Å². The molecule has 0 saturated carbocycles. The molecule has 0 aliphatic rings. The second-order valence-electron chi connectivity index (χ2n) is 6.24. The number of rotatable bonds is 5. The lowest BCUT2D eigenvalue weighted by Crippen LogP contribution is -2.11. The highest BCUT2D eigenvalue weighted by atomic mass is 16.5. The highest BCUT2D eigenvalue weighted by molar-refractivity contribution is 6.04. The minimum absolute atomic E-state index is 0.183. The van der Waals surface area contributed by atoms with Crippen molar-refractivity contribution in [3.8, 4) is 22.9 Å². The quantitative estimate of drug-likeness (QED) is 0.560. The summed E-state index contributed by atoms with van der Waals surface area (Å²) in [6.45, 7) is 0. The predicted molar refractivity (Wildman–Crippen MR) is 107 cm³/mol. The molecule has 0 saturated heterocycles. The maximum atomic E-state index is 12.5. The van der Waals surface area contributed by atoms with Crippen LogP contribution in [-0.2, 0) is 7.05 Å². The normalized spacial score (nSPS) is 10.5. The van der Waals surface area contributed by atoms with E-state index in [1.165, 1.54) is 0 Å². The SMILES string of the molecule is Cn1cnnc1-c1ccc(NC(=O)c2ccc(Oc3ccccc3)cc2)cc1. The summed E-state index contributed by atoms with van der Waals surface area (Å²) in [7, 11) is 1.89. The smallest absolute Gasteiger partial charge is 0.255 e. The van der Waals surface area contributed by atoms with Crippen molar-refractivity contribution in [3.63, 3.8) is 0 Å². The van der Waals surface area contributed by atoms with Crippen LogP contribution in [0.3, 0.4) is 0 Å². The number of hydrogen-bond donors (Lipinski definition) is 1. The molecule has 0 atom stereocenters. The van der Waals surface area contributed by atoms with Gasteiger partial charge in [0, 0.05) is 23.9 Å². The Hall–Kier alpha value is -3.93. The fourth-order valence-electron chi connectivity index (χ4n) is 2.75. The third-order valence-electron chi connectivity index (χ3n) is 4.21. The Balaban J connectivity index is 1.41. The lowest BCUT2D eigenvalue weighted by atomic mass is 10.1. The zero-order valence-corrected chi connectivity index (χ0v) is 15.2. The number of nitrogens with zero attached hydrogens (tertiary/aromatic N) is 3. The molecule has 138 valence electrons. The van der Waals surface area contributed by atoms with Crippen molar-refractivity contribution in [2.75, 3.05) is 5.32 Å². The van der Waals surface area contributed by atoms with E-state index in [4.69, 9.17) is 4.74 Å². The summed E-state index contributed by atoms with van der Waals surface area (Å²) in [4.78, 5) is 12.5. The fourth-order valence-corrected chi connectivity index (χ4v) is 2.75. The minimum atomic E-state index is -0.183. The number of aromatic nitrogens is 3. The maximum absolute atomic E-state index is 12.5. The summed E-state index contributed by atoms with van der Waals surface area (Å²) in [5.74, 6) is 2.02. The van der Waals surface area contributed by atoms with E-state index in [2.05, 4.69) is 15.5 Å². The monoisotopic (exact) mass is 370 g/mol. The van der Waals surface area contributed by atoms with Gasteiger partial charge < -0.3 is 14.6 Å². The summed E-state index contributed by atoms with van der Waals surface area (Å²) < 4.78 is 7.58. The first-order chi connectivity index (χ1) is 13.7. The van der Waals surface area contributed by atoms with E-state index in [1.807, 2.05) is 66.2 Å². The lowest BCUT2D eigenvalue weighted by molar-refractivity contribution is 0.102. The molecule has 0 spiro atoms. The molecule has 1 amide bonds. The van der Waals surface area contributed by atoms with Crippen LogP contribution in [0.25, 0.3) is 11.4 Å². The first-order valence-electron chi connectivity index (χ1n) is 8.78. The number of ether oxygens (including phenoxy) is 1. The van der Waals surface area contributed by atoms with Gasteiger partial charge in [0.05, 0.1) is 0 Å². The number of para-hydroxylation sites is 1. The van der Waals surface area contributed by atoms with Crippen LogP contribution in [0, 0.1) is 0 Å². The lowest BCUT2D eigenvalue weighted by Gasteiger charge is -2.08. The summed E-state index contributed by atoms with van der Waals surface area (Å²) >= 11 is 0. The number of amides is 1. The highest BCUT2D eigenvalue weighted by Crippen LogP contribution is 2.22. The van der Waals surface area contributed by atoms with Crippen LogP contribution in [0.1, 0.15) is 10.4 Å². The van der Waals surface area contributed by atoms with Crippen LogP contribution < -0.4 is 10.1 Å². The zero-order chi connectivity index (χ0) is 19.3. The predicted octanol–water partition coefficient (Wildman–Crippen LogP) is 4.53. The van der Waals surface area contributed by atoms with E-state index in [1.54, 1.807) is 30.6 Å². The van der Waals surface area contributed by atoms with Crippen LogP contribution >= 0.6 is 0 Å². The van der Waals surface area contributed by atoms with Gasteiger partial charge in [0.1, 0.15) is 17.8 Å². The van der Waals surface area contributed by atoms with Gasteiger partial charge in [0.25, 0.3) is 5.91 Å². The topological polar surface area (TPSA) is 69.0 Å². The molecule has 0 unspecified atom stereocenters. The Morgan fingerprint density at radius 2 is 1.57 bits per heavy atom. The number of hydrogen-bond acceptors (Lipinski definition) is 4. The number of anilines is 1. The summed E-state index contributed by atoms with van der Waals surface area (Å²) in [6, 6.07) is 24.0. The molecule has 1 N–H and O–H groups in total. The van der Waals surface area contributed by atoms with Gasteiger partial charge in [0.15, 0.2) is 5.82 Å². The number of aryl methyl sites for hydroxylation is 1. The zero-order valence-electron chi connectivity index (χ0n) is 15.2. The van der Waals surface area contributed by atoms with Crippen LogP contribution in [0.15, 0.2) is 85.2 Å². The molecule has 1 heterocycles. The van der Waals surface area contributed by atoms with Crippen LogP contribution in [0.2, 0.25) is 0 Å². The highest BCUT2D eigenvalue weighted by Gasteiger charge is 2.08. The molecule has 0 fully saturated rings. The minimum Gasteiger partial charge on any atom is -0.457 e. The summed E-state index contributed by atoms with van der Waals surface area (Å²) in [5.41, 5.74) is 2.19. The van der Waals surface area contributed by atoms with Gasteiger partial charge in [0.2, 0.25) is 0 Å². The Bertz CT molecular complexity index is 1070. The van der Waals surface area contributed by atoms with Crippen LogP contribution in [0.4, 0.5) is 5.69 Å². The van der Waals surface area contributed by atoms with Crippen molar-refractivity contribution in [2.45, 2.75) is 0 Å². The molecule has 1 aromatic heterocycles. The van der Waals surface area contributed by atoms with Gasteiger partial charge in [-0.2, -0.15) is 0 Å². The van der Waals surface area contributed by atoms with E-state index < -0.39 is 0 Å². The second kappa shape index (κ2) is 7.75. The Kier molecular flexibility index (Phi) is 4.84. The van der Waals surface area contributed by atoms with E-state index in [0.717, 1.165) is 17.1 Å². The van der Waals surface area contributed by atoms with Gasteiger partial charge in [-0.25, -0.2) is 0 Å². The molecular formula is C22H18N4O2. The van der Waals surface area contributed by atoms with Crippen molar-refractivity contribution in [1.29, 1.82) is 0 Å². The van der Waals surface area contributed by atoms with Gasteiger partial charge in [-0.3, -0.25) is 4.79 Å². The largest absolute Gasteiger partial charge is 0.457 e. The number of nitrogens with one attached hydrogen (secondary N) is 1. The van der Waals surface area contributed by atoms with E-state index in [-0.39, 0.29) is 5.91 Å². The van der Waals surface area contributed by atoms with E-state index in [9.17, 15) is 4.79 Å². The standard InChI is InChI=1S/C22H18N4O2/c1-26-15-23-25-21(26)16-7-11-18(12-8-16)24-22(27)17-9-13-20(14-10-17)28-19-5-3-2-4-6-19/h2-15H,1H3,(H,24,27). The summed E-state index contributed by atoms with van der Waals surface area (Å²) in [5, 5.41) is 10.8. The van der Waals surface area contributed by atoms with Gasteiger partial charge >= 0.3 is 0 Å². The molecule has 6 heteroatoms. The van der Waals surface area contributed by atoms with Crippen molar-refractivity contribution >= 4 is 11.6 Å². The maximum Gasteiger partial charge on any atom is 0.255 e. The van der Waals surface area contributed by atoms with Crippen LogP contribution in [-0.4, -0.2) is 20.7 Å². The van der Waals surface area contributed by atoms with Crippen molar-refractivity contribution in [1.82, 2.24) is 14.8 Å². The van der Waals surface area contributed by atoms with Crippen molar-refractivity contribution < 1.29 is 9.53 Å². The molecule has 4 rings (SSSR count). The van der Waals surface area contributed by atoms with Gasteiger partial charge in [-0.05, 0) is 60.7 Å². The third kappa shape index (κ3) is 3.91. The molecular weight excluding hydrogens is 352 g/mol. The van der Waals surface area contributed by atoms with Crippen LogP contribution in [0.5, 0.6) is 11.5 Å². The molecule has 28 heavy (non-hydrogen) atoms. The molecule has 0 aliphatic heterocycles. The third-order valence-corrected chi connectivity index (χ3v) is 4.21. The number of carbonyl (C=O) groups is 1. The molecule has 4 aromatic rings. The van der Waals surface area contributed by atoms with Crippen molar-refractivity contribution in [2.24, 2.45) is 7.05 Å². The average molecular weight is 370 g/mol. The van der Waals surface area contributed by atoms with E-state index >= 15 is 0 Å². The first-order valence-corrected chi connectivity index (χ1v) is 8.78. The Morgan fingerprint density at radius 1 is 0.893 bits per heavy atom. The average Bonchev–Trinajstić information content (AvgIpc) is 3.16. The molecule has 0 aliphatic carbocycles. The molecule has 6 nitrogen and oxygen atoms in total. The second-order valence-corrected chi connectivity index (χ2v) is 6.24.